The number of esters is 1. The zero-order valence-corrected chi connectivity index (χ0v) is 17.3. The first-order valence-electron chi connectivity index (χ1n) is 8.58. The van der Waals surface area contributed by atoms with Crippen molar-refractivity contribution in [3.63, 3.8) is 0 Å². The number of ether oxygens (including phenoxy) is 1. The van der Waals surface area contributed by atoms with Gasteiger partial charge in [-0.3, -0.25) is 4.79 Å². The summed E-state index contributed by atoms with van der Waals surface area (Å²) in [6.07, 6.45) is 0. The predicted octanol–water partition coefficient (Wildman–Crippen LogP) is 4.11. The third kappa shape index (κ3) is 5.31. The Hall–Kier alpha value is -1.89. The van der Waals surface area contributed by atoms with E-state index in [1.165, 1.54) is 7.11 Å². The van der Waals surface area contributed by atoms with Crippen molar-refractivity contribution in [2.75, 3.05) is 7.11 Å². The number of rotatable bonds is 7. The maximum Gasteiger partial charge on any atom is 0.310 e. The number of halogens is 1. The minimum atomic E-state index is -3.85. The number of hydrogen-bond acceptors (Lipinski definition) is 4. The highest BCUT2D eigenvalue weighted by molar-refractivity contribution is 7.89. The van der Waals surface area contributed by atoms with Crippen LogP contribution in [0.25, 0.3) is 0 Å². The van der Waals surface area contributed by atoms with Crippen molar-refractivity contribution in [1.82, 2.24) is 4.72 Å². The zero-order valence-electron chi connectivity index (χ0n) is 15.8. The predicted molar refractivity (Wildman–Crippen MR) is 106 cm³/mol. The number of methoxy groups -OCH3 is 1. The van der Waals surface area contributed by atoms with Gasteiger partial charge < -0.3 is 4.74 Å². The summed E-state index contributed by atoms with van der Waals surface area (Å²) in [7, 11) is -2.55. The van der Waals surface area contributed by atoms with Crippen LogP contribution in [-0.2, 0) is 19.6 Å². The Balaban J connectivity index is 2.49. The number of benzene rings is 2. The molecule has 0 aliphatic carbocycles. The van der Waals surface area contributed by atoms with Crippen LogP contribution >= 0.6 is 11.6 Å². The molecule has 0 amide bonds. The maximum atomic E-state index is 12.9. The van der Waals surface area contributed by atoms with Crippen LogP contribution in [0.3, 0.4) is 0 Å². The maximum absolute atomic E-state index is 12.9. The standard InChI is InChI=1S/C20H24ClNO4S/c1-13(2)18(20(23)26-4)19(15-7-9-16(21)10-8-15)22-27(24,25)17-11-5-14(3)6-12-17/h5-13,18-19,22H,1-4H3/t18-,19+/m1/s1. The van der Waals surface area contributed by atoms with Crippen LogP contribution in [0, 0.1) is 18.8 Å². The van der Waals surface area contributed by atoms with Crippen LogP contribution in [0.5, 0.6) is 0 Å². The molecule has 2 aromatic rings. The molecule has 0 fully saturated rings. The van der Waals surface area contributed by atoms with E-state index in [0.717, 1.165) is 5.56 Å². The van der Waals surface area contributed by atoms with Gasteiger partial charge in [0, 0.05) is 5.02 Å². The Labute approximate surface area is 165 Å². The van der Waals surface area contributed by atoms with Crippen molar-refractivity contribution >= 4 is 27.6 Å². The van der Waals surface area contributed by atoms with Crippen molar-refractivity contribution in [2.24, 2.45) is 11.8 Å². The number of carbonyl (C=O) groups excluding carboxylic acids is 1. The van der Waals surface area contributed by atoms with E-state index in [1.807, 2.05) is 20.8 Å². The molecule has 0 heterocycles. The number of sulfonamides is 1. The fourth-order valence-corrected chi connectivity index (χ4v) is 4.27. The molecule has 0 radical (unpaired) electrons. The van der Waals surface area contributed by atoms with Crippen LogP contribution in [0.15, 0.2) is 53.4 Å². The van der Waals surface area contributed by atoms with Crippen molar-refractivity contribution in [2.45, 2.75) is 31.7 Å². The second-order valence-electron chi connectivity index (χ2n) is 6.76. The lowest BCUT2D eigenvalue weighted by Gasteiger charge is -2.29. The van der Waals surface area contributed by atoms with Gasteiger partial charge in [-0.1, -0.05) is 55.3 Å². The number of carbonyl (C=O) groups is 1. The van der Waals surface area contributed by atoms with Crippen LogP contribution < -0.4 is 4.72 Å². The van der Waals surface area contributed by atoms with E-state index < -0.39 is 28.0 Å². The summed E-state index contributed by atoms with van der Waals surface area (Å²) in [4.78, 5) is 12.6. The van der Waals surface area contributed by atoms with E-state index in [-0.39, 0.29) is 10.8 Å². The summed E-state index contributed by atoms with van der Waals surface area (Å²) in [5.41, 5.74) is 1.59. The summed E-state index contributed by atoms with van der Waals surface area (Å²) in [5.74, 6) is -1.33. The van der Waals surface area contributed by atoms with Gasteiger partial charge in [0.15, 0.2) is 0 Å². The third-order valence-corrected chi connectivity index (χ3v) is 6.10. The quantitative estimate of drug-likeness (QED) is 0.698. The summed E-state index contributed by atoms with van der Waals surface area (Å²) >= 11 is 5.96. The molecule has 0 saturated carbocycles. The highest BCUT2D eigenvalue weighted by Crippen LogP contribution is 2.31. The van der Waals surface area contributed by atoms with Gasteiger partial charge in [0.2, 0.25) is 10.0 Å². The van der Waals surface area contributed by atoms with Crippen LogP contribution in [0.2, 0.25) is 5.02 Å². The van der Waals surface area contributed by atoms with Crippen molar-refractivity contribution < 1.29 is 17.9 Å². The molecule has 0 spiro atoms. The van der Waals surface area contributed by atoms with Gasteiger partial charge in [-0.25, -0.2) is 13.1 Å². The third-order valence-electron chi connectivity index (χ3n) is 4.39. The average Bonchev–Trinajstić information content (AvgIpc) is 2.61. The molecular weight excluding hydrogens is 386 g/mol. The number of nitrogens with one attached hydrogen (secondary N) is 1. The minimum Gasteiger partial charge on any atom is -0.469 e. The molecular formula is C20H24ClNO4S. The van der Waals surface area contributed by atoms with Gasteiger partial charge in [-0.2, -0.15) is 0 Å². The normalized spacial score (nSPS) is 14.0. The monoisotopic (exact) mass is 409 g/mol. The molecule has 146 valence electrons. The average molecular weight is 410 g/mol. The van der Waals surface area contributed by atoms with Crippen molar-refractivity contribution in [1.29, 1.82) is 0 Å². The summed E-state index contributed by atoms with van der Waals surface area (Å²) in [5, 5.41) is 0.526. The fourth-order valence-electron chi connectivity index (χ4n) is 2.90. The van der Waals surface area contributed by atoms with E-state index in [9.17, 15) is 13.2 Å². The first kappa shape index (κ1) is 21.4. The summed E-state index contributed by atoms with van der Waals surface area (Å²) in [6.45, 7) is 5.59. The molecule has 2 aromatic carbocycles. The van der Waals surface area contributed by atoms with Gasteiger partial charge in [0.05, 0.1) is 24.0 Å². The second-order valence-corrected chi connectivity index (χ2v) is 8.91. The SMILES string of the molecule is COC(=O)[C@H](C(C)C)[C@@H](NS(=O)(=O)c1ccc(C)cc1)c1ccc(Cl)cc1. The van der Waals surface area contributed by atoms with E-state index in [2.05, 4.69) is 4.72 Å². The molecule has 27 heavy (non-hydrogen) atoms. The van der Waals surface area contributed by atoms with Gasteiger partial charge in [-0.15, -0.1) is 0 Å². The molecule has 0 unspecified atom stereocenters. The smallest absolute Gasteiger partial charge is 0.310 e. The molecule has 7 heteroatoms. The van der Waals surface area contributed by atoms with Gasteiger partial charge in [0.1, 0.15) is 0 Å². The Morgan fingerprint density at radius 1 is 1.04 bits per heavy atom. The lowest BCUT2D eigenvalue weighted by Crippen LogP contribution is -2.39. The minimum absolute atomic E-state index is 0.138. The van der Waals surface area contributed by atoms with Crippen molar-refractivity contribution in [3.05, 3.63) is 64.7 Å². The Bertz CT molecular complexity index is 877. The first-order chi connectivity index (χ1) is 12.7. The van der Waals surface area contributed by atoms with Crippen LogP contribution in [-0.4, -0.2) is 21.5 Å². The van der Waals surface area contributed by atoms with Gasteiger partial charge in [-0.05, 0) is 42.7 Å². The summed E-state index contributed by atoms with van der Waals surface area (Å²) in [6, 6.07) is 12.5. The highest BCUT2D eigenvalue weighted by Gasteiger charge is 2.36. The topological polar surface area (TPSA) is 72.5 Å². The van der Waals surface area contributed by atoms with Crippen molar-refractivity contribution in [3.8, 4) is 0 Å². The van der Waals surface area contributed by atoms with E-state index in [4.69, 9.17) is 16.3 Å². The first-order valence-corrected chi connectivity index (χ1v) is 10.4. The lowest BCUT2D eigenvalue weighted by atomic mass is 9.85. The molecule has 2 rings (SSSR count). The molecule has 0 aliphatic heterocycles. The molecule has 0 aliphatic rings. The Morgan fingerprint density at radius 2 is 1.59 bits per heavy atom. The van der Waals surface area contributed by atoms with E-state index in [0.29, 0.717) is 10.6 Å². The van der Waals surface area contributed by atoms with E-state index >= 15 is 0 Å². The summed E-state index contributed by atoms with van der Waals surface area (Å²) < 4.78 is 33.5. The van der Waals surface area contributed by atoms with Gasteiger partial charge >= 0.3 is 5.97 Å². The van der Waals surface area contributed by atoms with Crippen LogP contribution in [0.1, 0.15) is 31.0 Å². The number of aryl methyl sites for hydroxylation is 1. The molecule has 5 nitrogen and oxygen atoms in total. The van der Waals surface area contributed by atoms with Crippen LogP contribution in [0.4, 0.5) is 0 Å². The molecule has 1 N–H and O–H groups in total. The lowest BCUT2D eigenvalue weighted by molar-refractivity contribution is -0.148. The fraction of sp³-hybridized carbons (Fsp3) is 0.350. The number of hydrogen-bond donors (Lipinski definition) is 1. The Kier molecular flexibility index (Phi) is 7.03. The Morgan fingerprint density at radius 3 is 2.07 bits per heavy atom. The molecule has 0 bridgehead atoms. The zero-order chi connectivity index (χ0) is 20.2. The second kappa shape index (κ2) is 8.87. The highest BCUT2D eigenvalue weighted by atomic mass is 35.5. The largest absolute Gasteiger partial charge is 0.469 e. The van der Waals surface area contributed by atoms with E-state index in [1.54, 1.807) is 48.5 Å². The molecule has 2 atom stereocenters. The molecule has 0 saturated heterocycles. The van der Waals surface area contributed by atoms with Gasteiger partial charge in [0.25, 0.3) is 0 Å². The molecule has 0 aromatic heterocycles.